The van der Waals surface area contributed by atoms with Gasteiger partial charge in [0.25, 0.3) is 0 Å². The van der Waals surface area contributed by atoms with Gasteiger partial charge < -0.3 is 9.30 Å². The molecule has 0 amide bonds. The highest BCUT2D eigenvalue weighted by molar-refractivity contribution is 6.10. The fraction of sp³-hybridized carbons (Fsp3) is 0.0769. The normalized spacial score (nSPS) is 14.8. The Balaban J connectivity index is 1.75. The predicted molar refractivity (Wildman–Crippen MR) is 117 cm³/mol. The van der Waals surface area contributed by atoms with Crippen molar-refractivity contribution in [1.82, 2.24) is 4.57 Å². The number of hydrogen-bond acceptors (Lipinski definition) is 1. The first-order chi connectivity index (χ1) is 13.7. The van der Waals surface area contributed by atoms with E-state index in [1.54, 1.807) is 6.08 Å². The first kappa shape index (κ1) is 16.6. The van der Waals surface area contributed by atoms with Gasteiger partial charge in [0.1, 0.15) is 11.5 Å². The largest absolute Gasteiger partial charge is 0.461 e. The van der Waals surface area contributed by atoms with Gasteiger partial charge in [-0.1, -0.05) is 55.1 Å². The molecule has 2 heterocycles. The van der Waals surface area contributed by atoms with E-state index in [2.05, 4.69) is 78.7 Å². The number of nitrogens with zero attached hydrogens (tertiary/aromatic N) is 1. The van der Waals surface area contributed by atoms with Gasteiger partial charge in [0.2, 0.25) is 0 Å². The Labute approximate surface area is 164 Å². The second-order valence-corrected chi connectivity index (χ2v) is 7.20. The van der Waals surface area contributed by atoms with Crippen molar-refractivity contribution >= 4 is 21.8 Å². The Hall–Kier alpha value is -3.52. The molecule has 0 unspecified atom stereocenters. The molecule has 0 radical (unpaired) electrons. The van der Waals surface area contributed by atoms with Crippen molar-refractivity contribution in [1.29, 1.82) is 0 Å². The first-order valence-corrected chi connectivity index (χ1v) is 9.54. The molecule has 0 N–H and O–H groups in total. The molecule has 0 atom stereocenters. The zero-order valence-electron chi connectivity index (χ0n) is 15.9. The van der Waals surface area contributed by atoms with Crippen molar-refractivity contribution in [2.75, 3.05) is 0 Å². The minimum Gasteiger partial charge on any atom is -0.461 e. The molecule has 0 fully saturated rings. The van der Waals surface area contributed by atoms with Gasteiger partial charge >= 0.3 is 0 Å². The van der Waals surface area contributed by atoms with Gasteiger partial charge in [-0.3, -0.25) is 0 Å². The molecule has 3 aromatic carbocycles. The molecule has 28 heavy (non-hydrogen) atoms. The molecule has 5 rings (SSSR count). The van der Waals surface area contributed by atoms with E-state index >= 15 is 0 Å². The van der Waals surface area contributed by atoms with Crippen molar-refractivity contribution in [2.45, 2.75) is 13.3 Å². The summed E-state index contributed by atoms with van der Waals surface area (Å²) in [7, 11) is 0. The summed E-state index contributed by atoms with van der Waals surface area (Å²) in [6.45, 7) is 5.84. The first-order valence-electron chi connectivity index (χ1n) is 9.54. The topological polar surface area (TPSA) is 14.2 Å². The second kappa shape index (κ2) is 6.58. The molecule has 0 saturated heterocycles. The smallest absolute Gasteiger partial charge is 0.132 e. The molecule has 2 heteroatoms. The number of rotatable bonds is 3. The molecule has 2 nitrogen and oxygen atoms in total. The van der Waals surface area contributed by atoms with E-state index in [0.717, 1.165) is 17.9 Å². The summed E-state index contributed by atoms with van der Waals surface area (Å²) in [6.07, 6.45) is 8.48. The van der Waals surface area contributed by atoms with Crippen LogP contribution in [-0.4, -0.2) is 4.57 Å². The van der Waals surface area contributed by atoms with Crippen LogP contribution in [0.4, 0.5) is 0 Å². The third-order valence-corrected chi connectivity index (χ3v) is 5.25. The van der Waals surface area contributed by atoms with Gasteiger partial charge in [-0.2, -0.15) is 0 Å². The summed E-state index contributed by atoms with van der Waals surface area (Å²) in [4.78, 5) is 0. The Morgan fingerprint density at radius 2 is 1.82 bits per heavy atom. The lowest BCUT2D eigenvalue weighted by atomic mass is 10.1. The van der Waals surface area contributed by atoms with Gasteiger partial charge in [0.05, 0.1) is 11.0 Å². The molecule has 0 spiro atoms. The number of benzene rings is 3. The summed E-state index contributed by atoms with van der Waals surface area (Å²) in [5.41, 5.74) is 6.05. The minimum absolute atomic E-state index is 0.816. The number of hydrogen-bond donors (Lipinski definition) is 0. The lowest BCUT2D eigenvalue weighted by Gasteiger charge is -2.09. The van der Waals surface area contributed by atoms with Crippen molar-refractivity contribution < 1.29 is 4.74 Å². The zero-order chi connectivity index (χ0) is 19.1. The van der Waals surface area contributed by atoms with E-state index in [9.17, 15) is 0 Å². The Kier molecular flexibility index (Phi) is 3.91. The van der Waals surface area contributed by atoms with E-state index < -0.39 is 0 Å². The lowest BCUT2D eigenvalue weighted by molar-refractivity contribution is 0.447. The van der Waals surface area contributed by atoms with Crippen LogP contribution in [-0.2, 0) is 6.42 Å². The quantitative estimate of drug-likeness (QED) is 0.372. The van der Waals surface area contributed by atoms with Crippen molar-refractivity contribution in [3.05, 3.63) is 108 Å². The molecule has 0 saturated carbocycles. The van der Waals surface area contributed by atoms with E-state index in [1.807, 2.05) is 18.2 Å². The van der Waals surface area contributed by atoms with Crippen LogP contribution in [0.15, 0.2) is 97.3 Å². The number of allylic oxidation sites excluding steroid dienone is 5. The number of aryl methyl sites for hydroxylation is 1. The van der Waals surface area contributed by atoms with E-state index in [4.69, 9.17) is 4.74 Å². The molecule has 136 valence electrons. The van der Waals surface area contributed by atoms with Crippen LogP contribution in [0.3, 0.4) is 0 Å². The van der Waals surface area contributed by atoms with Crippen LogP contribution in [0, 0.1) is 6.92 Å². The SMILES string of the molecule is C=C/C=C\C=C1/Cc2cc3c4ccccc4n(-c4cccc(C)c4)c3cc2O1. The maximum Gasteiger partial charge on any atom is 0.132 e. The zero-order valence-corrected chi connectivity index (χ0v) is 15.9. The summed E-state index contributed by atoms with van der Waals surface area (Å²) in [5.74, 6) is 1.91. The number of ether oxygens (including phenoxy) is 1. The number of fused-ring (bicyclic) bond motifs is 4. The molecule has 1 aliphatic heterocycles. The highest BCUT2D eigenvalue weighted by Crippen LogP contribution is 2.40. The average molecular weight is 363 g/mol. The second-order valence-electron chi connectivity index (χ2n) is 7.20. The van der Waals surface area contributed by atoms with E-state index in [0.29, 0.717) is 0 Å². The predicted octanol–water partition coefficient (Wildman–Crippen LogP) is 6.65. The minimum atomic E-state index is 0.816. The highest BCUT2D eigenvalue weighted by atomic mass is 16.5. The standard InChI is InChI=1S/C26H21NO/c1-3-4-5-11-21-15-19-16-23-22-12-6-7-13-24(22)27(25(23)17-26(19)28-21)20-10-8-9-18(2)14-20/h3-14,16-17H,1,15H2,2H3/b5-4-,21-11+. The summed E-state index contributed by atoms with van der Waals surface area (Å²) < 4.78 is 8.47. The molecule has 1 aliphatic rings. The number of aromatic nitrogens is 1. The average Bonchev–Trinajstić information content (AvgIpc) is 3.24. The van der Waals surface area contributed by atoms with Crippen LogP contribution >= 0.6 is 0 Å². The van der Waals surface area contributed by atoms with Crippen molar-refractivity contribution in [3.63, 3.8) is 0 Å². The summed E-state index contributed by atoms with van der Waals surface area (Å²) >= 11 is 0. The van der Waals surface area contributed by atoms with Crippen LogP contribution in [0.25, 0.3) is 27.5 Å². The van der Waals surface area contributed by atoms with Crippen molar-refractivity contribution in [2.24, 2.45) is 0 Å². The fourth-order valence-electron chi connectivity index (χ4n) is 4.02. The molecule has 0 bridgehead atoms. The van der Waals surface area contributed by atoms with Crippen LogP contribution in [0.5, 0.6) is 5.75 Å². The summed E-state index contributed by atoms with van der Waals surface area (Å²) in [6, 6.07) is 21.7. The van der Waals surface area contributed by atoms with Gasteiger partial charge in [-0.05, 0) is 42.8 Å². The van der Waals surface area contributed by atoms with Gasteiger partial charge in [-0.25, -0.2) is 0 Å². The van der Waals surface area contributed by atoms with E-state index in [-0.39, 0.29) is 0 Å². The fourth-order valence-corrected chi connectivity index (χ4v) is 4.02. The Morgan fingerprint density at radius 3 is 2.68 bits per heavy atom. The molecular formula is C26H21NO. The van der Waals surface area contributed by atoms with E-state index in [1.165, 1.54) is 38.6 Å². The van der Waals surface area contributed by atoms with Crippen LogP contribution in [0.2, 0.25) is 0 Å². The van der Waals surface area contributed by atoms with Gasteiger partial charge in [0.15, 0.2) is 0 Å². The van der Waals surface area contributed by atoms with Crippen LogP contribution in [0.1, 0.15) is 11.1 Å². The molecule has 1 aromatic heterocycles. The highest BCUT2D eigenvalue weighted by Gasteiger charge is 2.21. The Bertz CT molecular complexity index is 1290. The van der Waals surface area contributed by atoms with Crippen molar-refractivity contribution in [3.8, 4) is 11.4 Å². The molecule has 4 aromatic rings. The lowest BCUT2D eigenvalue weighted by Crippen LogP contribution is -1.94. The third-order valence-electron chi connectivity index (χ3n) is 5.25. The third kappa shape index (κ3) is 2.66. The Morgan fingerprint density at radius 1 is 0.929 bits per heavy atom. The maximum atomic E-state index is 6.13. The monoisotopic (exact) mass is 363 g/mol. The maximum absolute atomic E-state index is 6.13. The van der Waals surface area contributed by atoms with Crippen LogP contribution < -0.4 is 4.74 Å². The van der Waals surface area contributed by atoms with Gasteiger partial charge in [-0.15, -0.1) is 0 Å². The molecule has 0 aliphatic carbocycles. The number of para-hydroxylation sites is 1. The molecular weight excluding hydrogens is 342 g/mol. The van der Waals surface area contributed by atoms with Gasteiger partial charge in [0, 0.05) is 34.5 Å². The summed E-state index contributed by atoms with van der Waals surface area (Å²) in [5, 5.41) is 2.54.